The lowest BCUT2D eigenvalue weighted by Crippen LogP contribution is -2.22. The van der Waals surface area contributed by atoms with Crippen molar-refractivity contribution in [3.05, 3.63) is 65.7 Å². The first-order valence-corrected chi connectivity index (χ1v) is 10.3. The number of allylic oxidation sites excluding steroid dienone is 1. The Hall–Kier alpha value is -3.85. The molecule has 0 fully saturated rings. The third kappa shape index (κ3) is 7.65. The molecule has 2 amide bonds. The van der Waals surface area contributed by atoms with E-state index in [1.807, 2.05) is 6.92 Å². The molecule has 0 saturated carbocycles. The highest BCUT2D eigenvalue weighted by Crippen LogP contribution is 2.35. The molecule has 9 nitrogen and oxygen atoms in total. The van der Waals surface area contributed by atoms with Crippen LogP contribution >= 0.6 is 0 Å². The molecule has 0 heterocycles. The SMILES string of the molecule is COc1ccc([C@H](OC(=O)Nc2ccc(C(C)=O)cc2)[C@H](C)CC/C=C/C(=O)NO)cc1O. The number of rotatable bonds is 10. The van der Waals surface area contributed by atoms with Crippen molar-refractivity contribution in [2.45, 2.75) is 32.8 Å². The fourth-order valence-electron chi connectivity index (χ4n) is 3.19. The van der Waals surface area contributed by atoms with Crippen LogP contribution < -0.4 is 15.5 Å². The quantitative estimate of drug-likeness (QED) is 0.180. The number of carbonyl (C=O) groups excluding carboxylic acids is 3. The van der Waals surface area contributed by atoms with Crippen LogP contribution in [0.3, 0.4) is 0 Å². The summed E-state index contributed by atoms with van der Waals surface area (Å²) in [5.41, 5.74) is 3.08. The summed E-state index contributed by atoms with van der Waals surface area (Å²) in [5.74, 6) is -0.701. The highest BCUT2D eigenvalue weighted by molar-refractivity contribution is 5.95. The van der Waals surface area contributed by atoms with Crippen LogP contribution in [0.5, 0.6) is 11.5 Å². The van der Waals surface area contributed by atoms with E-state index in [0.717, 1.165) is 0 Å². The molecule has 0 bridgehead atoms. The highest BCUT2D eigenvalue weighted by atomic mass is 16.6. The number of benzene rings is 2. The number of phenolic OH excluding ortho intramolecular Hbond substituents is 1. The predicted molar refractivity (Wildman–Crippen MR) is 121 cm³/mol. The molecule has 0 aromatic heterocycles. The van der Waals surface area contributed by atoms with Crippen molar-refractivity contribution in [2.24, 2.45) is 5.92 Å². The molecule has 2 atom stereocenters. The molecule has 0 aliphatic rings. The van der Waals surface area contributed by atoms with Crippen molar-refractivity contribution in [3.8, 4) is 11.5 Å². The molecule has 2 aromatic carbocycles. The number of anilines is 1. The maximum Gasteiger partial charge on any atom is 0.412 e. The Labute approximate surface area is 192 Å². The molecule has 0 aliphatic heterocycles. The number of hydroxylamine groups is 1. The van der Waals surface area contributed by atoms with Crippen LogP contribution in [-0.4, -0.2) is 35.2 Å². The summed E-state index contributed by atoms with van der Waals surface area (Å²) in [6, 6.07) is 11.2. The zero-order valence-electron chi connectivity index (χ0n) is 18.7. The van der Waals surface area contributed by atoms with Crippen molar-refractivity contribution in [1.29, 1.82) is 0 Å². The molecule has 4 N–H and O–H groups in total. The third-order valence-electron chi connectivity index (χ3n) is 4.99. The number of ether oxygens (including phenoxy) is 2. The van der Waals surface area contributed by atoms with Crippen molar-refractivity contribution in [3.63, 3.8) is 0 Å². The largest absolute Gasteiger partial charge is 0.504 e. The molecule has 0 saturated heterocycles. The zero-order chi connectivity index (χ0) is 24.4. The van der Waals surface area contributed by atoms with E-state index in [9.17, 15) is 19.5 Å². The van der Waals surface area contributed by atoms with E-state index in [1.54, 1.807) is 42.5 Å². The Kier molecular flexibility index (Phi) is 9.44. The molecule has 0 radical (unpaired) electrons. The second-order valence-electron chi connectivity index (χ2n) is 7.45. The Morgan fingerprint density at radius 1 is 1.12 bits per heavy atom. The monoisotopic (exact) mass is 456 g/mol. The fourth-order valence-corrected chi connectivity index (χ4v) is 3.19. The van der Waals surface area contributed by atoms with Gasteiger partial charge in [0.15, 0.2) is 17.3 Å². The van der Waals surface area contributed by atoms with Gasteiger partial charge in [-0.2, -0.15) is 0 Å². The topological polar surface area (TPSA) is 134 Å². The first-order valence-electron chi connectivity index (χ1n) is 10.3. The average molecular weight is 456 g/mol. The predicted octanol–water partition coefficient (Wildman–Crippen LogP) is 4.37. The van der Waals surface area contributed by atoms with E-state index in [1.165, 1.54) is 31.7 Å². The van der Waals surface area contributed by atoms with Gasteiger partial charge in [0, 0.05) is 17.3 Å². The maximum atomic E-state index is 12.6. The number of aromatic hydroxyl groups is 1. The lowest BCUT2D eigenvalue weighted by Gasteiger charge is -2.25. The molecule has 33 heavy (non-hydrogen) atoms. The van der Waals surface area contributed by atoms with E-state index < -0.39 is 18.1 Å². The second kappa shape index (κ2) is 12.3. The van der Waals surface area contributed by atoms with Crippen molar-refractivity contribution in [1.82, 2.24) is 5.48 Å². The number of hydrogen-bond donors (Lipinski definition) is 4. The number of ketones is 1. The summed E-state index contributed by atoms with van der Waals surface area (Å²) < 4.78 is 10.8. The van der Waals surface area contributed by atoms with Gasteiger partial charge in [0.1, 0.15) is 6.10 Å². The number of nitrogens with one attached hydrogen (secondary N) is 2. The summed E-state index contributed by atoms with van der Waals surface area (Å²) >= 11 is 0. The van der Waals surface area contributed by atoms with Crippen LogP contribution in [0.25, 0.3) is 0 Å². The third-order valence-corrected chi connectivity index (χ3v) is 4.99. The molecule has 9 heteroatoms. The molecule has 0 aliphatic carbocycles. The van der Waals surface area contributed by atoms with Crippen LogP contribution in [-0.2, 0) is 9.53 Å². The van der Waals surface area contributed by atoms with Crippen LogP contribution in [0.2, 0.25) is 0 Å². The number of methoxy groups -OCH3 is 1. The van der Waals surface area contributed by atoms with Gasteiger partial charge in [0.05, 0.1) is 7.11 Å². The number of hydrogen-bond acceptors (Lipinski definition) is 7. The summed E-state index contributed by atoms with van der Waals surface area (Å²) in [4.78, 5) is 35.1. The van der Waals surface area contributed by atoms with Gasteiger partial charge < -0.3 is 14.6 Å². The van der Waals surface area contributed by atoms with Gasteiger partial charge in [-0.25, -0.2) is 10.3 Å². The lowest BCUT2D eigenvalue weighted by atomic mass is 9.92. The minimum Gasteiger partial charge on any atom is -0.504 e. The van der Waals surface area contributed by atoms with Gasteiger partial charge in [-0.3, -0.25) is 20.1 Å². The van der Waals surface area contributed by atoms with E-state index in [2.05, 4.69) is 5.32 Å². The van der Waals surface area contributed by atoms with Gasteiger partial charge in [0.2, 0.25) is 0 Å². The first kappa shape index (κ1) is 25.4. The Balaban J connectivity index is 2.16. The molecule has 0 unspecified atom stereocenters. The molecule has 2 rings (SSSR count). The summed E-state index contributed by atoms with van der Waals surface area (Å²) in [6.45, 7) is 3.33. The zero-order valence-corrected chi connectivity index (χ0v) is 18.7. The van der Waals surface area contributed by atoms with Crippen molar-refractivity contribution < 1.29 is 34.2 Å². The van der Waals surface area contributed by atoms with Crippen molar-refractivity contribution in [2.75, 3.05) is 12.4 Å². The van der Waals surface area contributed by atoms with Gasteiger partial charge in [-0.15, -0.1) is 0 Å². The molecule has 176 valence electrons. The number of carbonyl (C=O) groups is 3. The minimum absolute atomic E-state index is 0.0807. The van der Waals surface area contributed by atoms with Crippen LogP contribution in [0.1, 0.15) is 48.7 Å². The van der Waals surface area contributed by atoms with E-state index >= 15 is 0 Å². The van der Waals surface area contributed by atoms with Gasteiger partial charge >= 0.3 is 6.09 Å². The van der Waals surface area contributed by atoms with Crippen LogP contribution in [0, 0.1) is 5.92 Å². The van der Waals surface area contributed by atoms with E-state index in [4.69, 9.17) is 14.7 Å². The minimum atomic E-state index is -0.710. The average Bonchev–Trinajstić information content (AvgIpc) is 2.80. The summed E-state index contributed by atoms with van der Waals surface area (Å²) in [6.07, 6.45) is 2.43. The Morgan fingerprint density at radius 3 is 2.39 bits per heavy atom. The van der Waals surface area contributed by atoms with E-state index in [-0.39, 0.29) is 23.2 Å². The number of phenols is 1. The Bertz CT molecular complexity index is 1000. The number of Topliss-reactive ketones (excluding diaryl/α,β-unsaturated/α-hetero) is 1. The fraction of sp³-hybridized carbons (Fsp3) is 0.292. The van der Waals surface area contributed by atoms with Crippen LogP contribution in [0.4, 0.5) is 10.5 Å². The first-order chi connectivity index (χ1) is 15.7. The smallest absolute Gasteiger partial charge is 0.412 e. The maximum absolute atomic E-state index is 12.6. The normalized spacial score (nSPS) is 12.6. The Morgan fingerprint density at radius 2 is 1.82 bits per heavy atom. The standard InChI is InChI=1S/C24H28N2O7/c1-15(6-4-5-7-22(29)26-31)23(18-10-13-21(32-3)20(28)14-18)33-24(30)25-19-11-8-17(9-12-19)16(2)27/h5,7-15,23,28,31H,4,6H2,1-3H3,(H,25,30)(H,26,29)/b7-5+/t15-,23-/m1/s1. The molecular weight excluding hydrogens is 428 g/mol. The van der Waals surface area contributed by atoms with Gasteiger partial charge in [0.25, 0.3) is 5.91 Å². The lowest BCUT2D eigenvalue weighted by molar-refractivity contribution is -0.124. The van der Waals surface area contributed by atoms with Gasteiger partial charge in [-0.1, -0.05) is 19.1 Å². The molecular formula is C24H28N2O7. The molecule has 0 spiro atoms. The second-order valence-corrected chi connectivity index (χ2v) is 7.45. The highest BCUT2D eigenvalue weighted by Gasteiger charge is 2.24. The summed E-state index contributed by atoms with van der Waals surface area (Å²) in [7, 11) is 1.44. The van der Waals surface area contributed by atoms with E-state index in [0.29, 0.717) is 29.7 Å². The van der Waals surface area contributed by atoms with Crippen LogP contribution in [0.15, 0.2) is 54.6 Å². The number of amides is 2. The van der Waals surface area contributed by atoms with Gasteiger partial charge in [-0.05, 0) is 67.6 Å². The van der Waals surface area contributed by atoms with Crippen molar-refractivity contribution >= 4 is 23.5 Å². The molecule has 2 aromatic rings. The summed E-state index contributed by atoms with van der Waals surface area (Å²) in [5, 5.41) is 21.4.